The van der Waals surface area contributed by atoms with Crippen molar-refractivity contribution in [3.8, 4) is 11.8 Å². The number of nitrogens with zero attached hydrogens (tertiary/aromatic N) is 2. The van der Waals surface area contributed by atoms with Crippen LogP contribution in [-0.4, -0.2) is 7.11 Å². The topological polar surface area (TPSA) is 36.9 Å². The average Bonchev–Trinajstić information content (AvgIpc) is 2.55. The molecule has 0 spiro atoms. The number of pyridine rings is 1. The number of nitriles is 1. The summed E-state index contributed by atoms with van der Waals surface area (Å²) in [6.07, 6.45) is 1.96. The van der Waals surface area contributed by atoms with Crippen molar-refractivity contribution in [1.82, 2.24) is 0 Å². The van der Waals surface area contributed by atoms with Crippen molar-refractivity contribution in [2.24, 2.45) is 0 Å². The van der Waals surface area contributed by atoms with Crippen molar-refractivity contribution in [2.45, 2.75) is 6.54 Å². The van der Waals surface area contributed by atoms with Crippen LogP contribution in [0.3, 0.4) is 0 Å². The van der Waals surface area contributed by atoms with Crippen molar-refractivity contribution in [3.63, 3.8) is 0 Å². The van der Waals surface area contributed by atoms with Gasteiger partial charge in [-0.3, -0.25) is 0 Å². The first-order valence-corrected chi connectivity index (χ1v) is 6.76. The molecule has 0 fully saturated rings. The van der Waals surface area contributed by atoms with E-state index in [0.29, 0.717) is 12.2 Å². The number of aromatic nitrogens is 1. The quantitative estimate of drug-likeness (QED) is 0.689. The van der Waals surface area contributed by atoms with E-state index in [1.807, 2.05) is 65.4 Å². The van der Waals surface area contributed by atoms with Crippen molar-refractivity contribution in [1.29, 1.82) is 5.26 Å². The molecule has 2 aromatic carbocycles. The van der Waals surface area contributed by atoms with E-state index in [-0.39, 0.29) is 0 Å². The summed E-state index contributed by atoms with van der Waals surface area (Å²) in [5, 5.41) is 11.6. The van der Waals surface area contributed by atoms with Crippen LogP contribution in [0.5, 0.6) is 5.75 Å². The van der Waals surface area contributed by atoms with E-state index < -0.39 is 0 Å². The molecular formula is C18H15N2O+. The van der Waals surface area contributed by atoms with Gasteiger partial charge in [0.25, 0.3) is 5.69 Å². The Morgan fingerprint density at radius 2 is 1.81 bits per heavy atom. The summed E-state index contributed by atoms with van der Waals surface area (Å²) in [4.78, 5) is 0. The van der Waals surface area contributed by atoms with Crippen LogP contribution in [0.2, 0.25) is 0 Å². The predicted octanol–water partition coefficient (Wildman–Crippen LogP) is 3.06. The lowest BCUT2D eigenvalue weighted by molar-refractivity contribution is -0.689. The normalized spacial score (nSPS) is 10.3. The molecule has 1 heterocycles. The van der Waals surface area contributed by atoms with Gasteiger partial charge in [-0.25, -0.2) is 0 Å². The Bertz CT molecular complexity index is 817. The van der Waals surface area contributed by atoms with Gasteiger partial charge in [-0.05, 0) is 35.7 Å². The molecule has 0 unspecified atom stereocenters. The molecule has 0 amide bonds. The number of methoxy groups -OCH3 is 1. The monoisotopic (exact) mass is 275 g/mol. The highest BCUT2D eigenvalue weighted by Crippen LogP contribution is 2.16. The molecule has 0 atom stereocenters. The molecule has 0 aliphatic rings. The van der Waals surface area contributed by atoms with Crippen LogP contribution in [0.4, 0.5) is 0 Å². The third-order valence-electron chi connectivity index (χ3n) is 3.56. The minimum atomic E-state index is 0.664. The van der Waals surface area contributed by atoms with E-state index in [0.717, 1.165) is 22.1 Å². The van der Waals surface area contributed by atoms with Crippen molar-refractivity contribution in [3.05, 3.63) is 72.1 Å². The van der Waals surface area contributed by atoms with Crippen molar-refractivity contribution in [2.75, 3.05) is 7.11 Å². The van der Waals surface area contributed by atoms with Crippen LogP contribution < -0.4 is 9.30 Å². The van der Waals surface area contributed by atoms with Gasteiger partial charge in [0.05, 0.1) is 12.5 Å². The van der Waals surface area contributed by atoms with Gasteiger partial charge in [-0.2, -0.15) is 9.83 Å². The number of hydrogen-bond acceptors (Lipinski definition) is 2. The highest BCUT2D eigenvalue weighted by molar-refractivity contribution is 5.85. The molecule has 0 bridgehead atoms. The lowest BCUT2D eigenvalue weighted by Crippen LogP contribution is -2.37. The average molecular weight is 275 g/mol. The van der Waals surface area contributed by atoms with Crippen LogP contribution in [0, 0.1) is 11.3 Å². The Morgan fingerprint density at radius 3 is 2.52 bits per heavy atom. The fourth-order valence-electron chi connectivity index (χ4n) is 2.44. The first-order chi connectivity index (χ1) is 10.3. The summed E-state index contributed by atoms with van der Waals surface area (Å²) in [5.41, 5.74) is 1.82. The van der Waals surface area contributed by atoms with E-state index in [4.69, 9.17) is 4.74 Å². The molecule has 0 aliphatic heterocycles. The molecule has 0 saturated heterocycles. The van der Waals surface area contributed by atoms with Crippen LogP contribution in [0.1, 0.15) is 11.3 Å². The Labute approximate surface area is 123 Å². The van der Waals surface area contributed by atoms with E-state index in [1.165, 1.54) is 0 Å². The van der Waals surface area contributed by atoms with Gasteiger partial charge < -0.3 is 4.74 Å². The van der Waals surface area contributed by atoms with E-state index in [2.05, 4.69) is 6.07 Å². The third-order valence-corrected chi connectivity index (χ3v) is 3.56. The summed E-state index contributed by atoms with van der Waals surface area (Å²) in [6, 6.07) is 20.2. The van der Waals surface area contributed by atoms with Crippen molar-refractivity contribution >= 4 is 10.8 Å². The number of hydrogen-bond donors (Lipinski definition) is 0. The van der Waals surface area contributed by atoms with E-state index in [9.17, 15) is 5.26 Å². The molecule has 0 saturated carbocycles. The number of benzene rings is 2. The molecule has 3 heteroatoms. The van der Waals surface area contributed by atoms with Crippen LogP contribution >= 0.6 is 0 Å². The van der Waals surface area contributed by atoms with E-state index >= 15 is 0 Å². The molecule has 0 aliphatic carbocycles. The number of fused-ring (bicyclic) bond motifs is 1. The maximum absolute atomic E-state index is 9.49. The summed E-state index contributed by atoms with van der Waals surface area (Å²) in [6.45, 7) is 0.664. The lowest BCUT2D eigenvalue weighted by Gasteiger charge is -2.04. The first-order valence-electron chi connectivity index (χ1n) is 6.76. The summed E-state index contributed by atoms with van der Waals surface area (Å²) in [7, 11) is 1.65. The molecule has 0 N–H and O–H groups in total. The first kappa shape index (κ1) is 13.1. The predicted molar refractivity (Wildman–Crippen MR) is 81.0 cm³/mol. The van der Waals surface area contributed by atoms with Gasteiger partial charge in [0.15, 0.2) is 18.8 Å². The molecule has 1 aromatic heterocycles. The molecule has 0 radical (unpaired) electrons. The van der Waals surface area contributed by atoms with Crippen molar-refractivity contribution < 1.29 is 9.30 Å². The zero-order valence-corrected chi connectivity index (χ0v) is 11.8. The van der Waals surface area contributed by atoms with Crippen LogP contribution in [0.15, 0.2) is 60.8 Å². The highest BCUT2D eigenvalue weighted by atomic mass is 16.5. The summed E-state index contributed by atoms with van der Waals surface area (Å²) >= 11 is 0. The van der Waals surface area contributed by atoms with Gasteiger partial charge in [0.1, 0.15) is 5.75 Å². The Hall–Kier alpha value is -2.86. The molecule has 3 nitrogen and oxygen atoms in total. The zero-order valence-electron chi connectivity index (χ0n) is 11.8. The number of rotatable bonds is 3. The molecule has 3 aromatic rings. The van der Waals surface area contributed by atoms with Crippen LogP contribution in [-0.2, 0) is 6.54 Å². The Balaban J connectivity index is 2.02. The second-order valence-corrected chi connectivity index (χ2v) is 4.84. The minimum absolute atomic E-state index is 0.664. The minimum Gasteiger partial charge on any atom is -0.497 e. The zero-order chi connectivity index (χ0) is 14.7. The molecule has 3 rings (SSSR count). The van der Waals surface area contributed by atoms with Gasteiger partial charge in [-0.1, -0.05) is 18.2 Å². The second-order valence-electron chi connectivity index (χ2n) is 4.84. The van der Waals surface area contributed by atoms with Gasteiger partial charge in [0.2, 0.25) is 0 Å². The van der Waals surface area contributed by atoms with Gasteiger partial charge in [0, 0.05) is 11.6 Å². The standard InChI is InChI=1S/C18H15N2O/c1-21-16-8-6-14(7-9-16)13-20-11-10-15-4-2-3-5-17(15)18(20)12-19/h2-11H,13H2,1H3/q+1. The summed E-state index contributed by atoms with van der Waals surface area (Å²) in [5.74, 6) is 0.836. The van der Waals surface area contributed by atoms with Gasteiger partial charge in [-0.15, -0.1) is 0 Å². The smallest absolute Gasteiger partial charge is 0.291 e. The lowest BCUT2D eigenvalue weighted by atomic mass is 10.1. The molecule has 21 heavy (non-hydrogen) atoms. The maximum atomic E-state index is 9.49. The highest BCUT2D eigenvalue weighted by Gasteiger charge is 2.14. The fraction of sp³-hybridized carbons (Fsp3) is 0.111. The van der Waals surface area contributed by atoms with Crippen LogP contribution in [0.25, 0.3) is 10.8 Å². The fourth-order valence-corrected chi connectivity index (χ4v) is 2.44. The number of ether oxygens (including phenoxy) is 1. The largest absolute Gasteiger partial charge is 0.497 e. The molecule has 102 valence electrons. The Morgan fingerprint density at radius 1 is 1.05 bits per heavy atom. The second kappa shape index (κ2) is 5.64. The summed E-state index contributed by atoms with van der Waals surface area (Å²) < 4.78 is 7.14. The van der Waals surface area contributed by atoms with E-state index in [1.54, 1.807) is 7.11 Å². The third kappa shape index (κ3) is 2.56. The van der Waals surface area contributed by atoms with Gasteiger partial charge >= 0.3 is 0 Å². The molecular weight excluding hydrogens is 260 g/mol. The Kier molecular flexibility index (Phi) is 3.53. The maximum Gasteiger partial charge on any atom is 0.291 e. The SMILES string of the molecule is COc1ccc(C[n+]2ccc3ccccc3c2C#N)cc1.